The van der Waals surface area contributed by atoms with Crippen molar-refractivity contribution in [3.8, 4) is 0 Å². The molecule has 3 fully saturated rings. The molecular weight excluding hydrogens is 246 g/mol. The van der Waals surface area contributed by atoms with Gasteiger partial charge in [0.05, 0.1) is 36.4 Å². The predicted octanol–water partition coefficient (Wildman–Crippen LogP) is 0.552. The lowest BCUT2D eigenvalue weighted by Gasteiger charge is -2.41. The highest BCUT2D eigenvalue weighted by Gasteiger charge is 2.55. The van der Waals surface area contributed by atoms with E-state index < -0.39 is 0 Å². The maximum absolute atomic E-state index is 12.8. The highest BCUT2D eigenvalue weighted by molar-refractivity contribution is 5.83. The number of carbonyl (C=O) groups is 1. The molecule has 0 radical (unpaired) electrons. The summed E-state index contributed by atoms with van der Waals surface area (Å²) in [5, 5.41) is 9.26. The van der Waals surface area contributed by atoms with Crippen molar-refractivity contribution < 1.29 is 19.4 Å². The van der Waals surface area contributed by atoms with Gasteiger partial charge < -0.3 is 19.5 Å². The number of aliphatic hydroxyl groups is 1. The summed E-state index contributed by atoms with van der Waals surface area (Å²) in [5.74, 6) is 0.174. The average molecular weight is 269 g/mol. The number of hydrogen-bond acceptors (Lipinski definition) is 4. The average Bonchev–Trinajstić information content (AvgIpc) is 2.97. The van der Waals surface area contributed by atoms with Crippen molar-refractivity contribution in [3.05, 3.63) is 0 Å². The molecule has 5 heteroatoms. The van der Waals surface area contributed by atoms with Crippen molar-refractivity contribution in [2.24, 2.45) is 5.41 Å². The molecule has 3 rings (SSSR count). The smallest absolute Gasteiger partial charge is 0.231 e. The van der Waals surface area contributed by atoms with E-state index in [0.717, 1.165) is 19.3 Å². The summed E-state index contributed by atoms with van der Waals surface area (Å²) in [6.07, 6.45) is 3.00. The lowest BCUT2D eigenvalue weighted by molar-refractivity contribution is -0.159. The third-order valence-corrected chi connectivity index (χ3v) is 4.78. The first-order chi connectivity index (χ1) is 9.03. The first-order valence-corrected chi connectivity index (χ1v) is 7.24. The number of hydrogen-bond donors (Lipinski definition) is 1. The zero-order valence-electron chi connectivity index (χ0n) is 11.7. The van der Waals surface area contributed by atoms with Gasteiger partial charge in [-0.25, -0.2) is 0 Å². The van der Waals surface area contributed by atoms with Gasteiger partial charge in [-0.05, 0) is 33.1 Å². The van der Waals surface area contributed by atoms with Crippen molar-refractivity contribution in [1.82, 2.24) is 4.90 Å². The van der Waals surface area contributed by atoms with Crippen LogP contribution in [0.2, 0.25) is 0 Å². The Morgan fingerprint density at radius 1 is 1.37 bits per heavy atom. The molecule has 5 nitrogen and oxygen atoms in total. The summed E-state index contributed by atoms with van der Waals surface area (Å²) in [7, 11) is 0. The maximum atomic E-state index is 12.8. The van der Waals surface area contributed by atoms with E-state index in [9.17, 15) is 9.90 Å². The number of fused-ring (bicyclic) bond motifs is 2. The quantitative estimate of drug-likeness (QED) is 0.795. The van der Waals surface area contributed by atoms with E-state index in [1.54, 1.807) is 0 Å². The summed E-state index contributed by atoms with van der Waals surface area (Å²) in [4.78, 5) is 14.7. The van der Waals surface area contributed by atoms with Crippen LogP contribution in [0.4, 0.5) is 0 Å². The lowest BCUT2D eigenvalue weighted by atomic mass is 9.74. The van der Waals surface area contributed by atoms with E-state index in [1.165, 1.54) is 0 Å². The number of morpholine rings is 1. The molecule has 3 aliphatic heterocycles. The number of rotatable bonds is 2. The van der Waals surface area contributed by atoms with Crippen LogP contribution in [0.5, 0.6) is 0 Å². The Kier molecular flexibility index (Phi) is 3.31. The van der Waals surface area contributed by atoms with Crippen molar-refractivity contribution in [2.45, 2.75) is 57.5 Å². The molecule has 1 amide bonds. The number of nitrogens with zero attached hydrogens (tertiary/aromatic N) is 1. The first kappa shape index (κ1) is 13.3. The summed E-state index contributed by atoms with van der Waals surface area (Å²) in [6, 6.07) is 0. The molecule has 0 aromatic heterocycles. The Morgan fingerprint density at radius 3 is 2.74 bits per heavy atom. The SMILES string of the molecule is CC1CN(C(=O)C2(C)CC3CCC2O3)CC(CO)O1. The zero-order chi connectivity index (χ0) is 13.6. The summed E-state index contributed by atoms with van der Waals surface area (Å²) >= 11 is 0. The number of amides is 1. The van der Waals surface area contributed by atoms with Crippen LogP contribution in [0.1, 0.15) is 33.1 Å². The topological polar surface area (TPSA) is 59.0 Å². The number of ether oxygens (including phenoxy) is 2. The fourth-order valence-electron chi connectivity index (χ4n) is 3.83. The van der Waals surface area contributed by atoms with Gasteiger partial charge in [0.25, 0.3) is 0 Å². The van der Waals surface area contributed by atoms with Gasteiger partial charge in [-0.2, -0.15) is 0 Å². The predicted molar refractivity (Wildman–Crippen MR) is 68.6 cm³/mol. The molecule has 0 aromatic carbocycles. The van der Waals surface area contributed by atoms with Gasteiger partial charge in [-0.1, -0.05) is 0 Å². The monoisotopic (exact) mass is 269 g/mol. The minimum Gasteiger partial charge on any atom is -0.394 e. The molecule has 2 bridgehead atoms. The van der Waals surface area contributed by atoms with Crippen LogP contribution in [-0.4, -0.2) is 60.0 Å². The molecule has 0 aromatic rings. The molecule has 0 aliphatic carbocycles. The van der Waals surface area contributed by atoms with E-state index in [2.05, 4.69) is 0 Å². The molecule has 0 saturated carbocycles. The summed E-state index contributed by atoms with van der Waals surface area (Å²) in [5.41, 5.74) is -0.375. The second-order valence-electron chi connectivity index (χ2n) is 6.41. The largest absolute Gasteiger partial charge is 0.394 e. The Balaban J connectivity index is 1.73. The van der Waals surface area contributed by atoms with Gasteiger partial charge in [0.1, 0.15) is 0 Å². The van der Waals surface area contributed by atoms with E-state index in [1.807, 2.05) is 18.7 Å². The minimum absolute atomic E-state index is 0.0158. The normalized spacial score (nSPS) is 45.7. The van der Waals surface area contributed by atoms with Gasteiger partial charge in [-0.3, -0.25) is 4.79 Å². The van der Waals surface area contributed by atoms with Crippen molar-refractivity contribution in [1.29, 1.82) is 0 Å². The van der Waals surface area contributed by atoms with Crippen molar-refractivity contribution in [2.75, 3.05) is 19.7 Å². The molecule has 3 saturated heterocycles. The molecular formula is C14H23NO4. The van der Waals surface area contributed by atoms with Crippen LogP contribution >= 0.6 is 0 Å². The lowest BCUT2D eigenvalue weighted by Crippen LogP contribution is -2.56. The molecule has 0 spiro atoms. The van der Waals surface area contributed by atoms with Crippen LogP contribution < -0.4 is 0 Å². The zero-order valence-corrected chi connectivity index (χ0v) is 11.7. The van der Waals surface area contributed by atoms with Gasteiger partial charge in [0, 0.05) is 13.1 Å². The molecule has 108 valence electrons. The molecule has 19 heavy (non-hydrogen) atoms. The third-order valence-electron chi connectivity index (χ3n) is 4.78. The van der Waals surface area contributed by atoms with Gasteiger partial charge >= 0.3 is 0 Å². The van der Waals surface area contributed by atoms with Crippen molar-refractivity contribution in [3.63, 3.8) is 0 Å². The minimum atomic E-state index is -0.375. The van der Waals surface area contributed by atoms with Crippen LogP contribution in [0, 0.1) is 5.41 Å². The Labute approximate surface area is 113 Å². The Morgan fingerprint density at radius 2 is 2.16 bits per heavy atom. The Hall–Kier alpha value is -0.650. The number of carbonyl (C=O) groups excluding carboxylic acids is 1. The molecule has 5 atom stereocenters. The standard InChI is InChI=1S/C14H23NO4/c1-9-6-15(7-11(8-16)18-9)13(17)14(2)5-10-3-4-12(14)19-10/h9-12,16H,3-8H2,1-2H3. The summed E-state index contributed by atoms with van der Waals surface area (Å²) < 4.78 is 11.4. The van der Waals surface area contributed by atoms with E-state index in [4.69, 9.17) is 9.47 Å². The van der Waals surface area contributed by atoms with E-state index >= 15 is 0 Å². The maximum Gasteiger partial charge on any atom is 0.231 e. The van der Waals surface area contributed by atoms with Gasteiger partial charge in [0.2, 0.25) is 5.91 Å². The summed E-state index contributed by atoms with van der Waals surface area (Å²) in [6.45, 7) is 5.05. The van der Waals surface area contributed by atoms with Crippen LogP contribution in [0.15, 0.2) is 0 Å². The fourth-order valence-corrected chi connectivity index (χ4v) is 3.83. The molecule has 1 N–H and O–H groups in total. The van der Waals surface area contributed by atoms with E-state index in [0.29, 0.717) is 13.1 Å². The van der Waals surface area contributed by atoms with Gasteiger partial charge in [-0.15, -0.1) is 0 Å². The molecule has 3 heterocycles. The van der Waals surface area contributed by atoms with Crippen molar-refractivity contribution >= 4 is 5.91 Å². The molecule has 5 unspecified atom stereocenters. The first-order valence-electron chi connectivity index (χ1n) is 7.24. The highest BCUT2D eigenvalue weighted by Crippen LogP contribution is 2.48. The number of aliphatic hydroxyl groups excluding tert-OH is 1. The van der Waals surface area contributed by atoms with Gasteiger partial charge in [0.15, 0.2) is 0 Å². The van der Waals surface area contributed by atoms with Crippen LogP contribution in [0.25, 0.3) is 0 Å². The Bertz CT molecular complexity index is 374. The third kappa shape index (κ3) is 2.18. The fraction of sp³-hybridized carbons (Fsp3) is 0.929. The van der Waals surface area contributed by atoms with E-state index in [-0.39, 0.29) is 42.3 Å². The second kappa shape index (κ2) is 4.72. The highest BCUT2D eigenvalue weighted by atomic mass is 16.5. The van der Waals surface area contributed by atoms with Crippen LogP contribution in [-0.2, 0) is 14.3 Å². The van der Waals surface area contributed by atoms with Crippen LogP contribution in [0.3, 0.4) is 0 Å². The second-order valence-corrected chi connectivity index (χ2v) is 6.41. The molecule has 3 aliphatic rings.